The fraction of sp³-hybridized carbons (Fsp3) is 0.160. The lowest BCUT2D eigenvalue weighted by atomic mass is 9.96. The van der Waals surface area contributed by atoms with Gasteiger partial charge in [-0.1, -0.05) is 24.3 Å². The first-order valence-electron chi connectivity index (χ1n) is 10.3. The molecule has 0 bridgehead atoms. The molecule has 0 amide bonds. The second-order valence-electron chi connectivity index (χ2n) is 7.71. The van der Waals surface area contributed by atoms with Crippen LogP contribution in [0.25, 0.3) is 5.69 Å². The fourth-order valence-corrected chi connectivity index (χ4v) is 4.85. The molecule has 31 heavy (non-hydrogen) atoms. The zero-order valence-corrected chi connectivity index (χ0v) is 18.3. The number of nitrogens with zero attached hydrogens (tertiary/aromatic N) is 4. The highest BCUT2D eigenvalue weighted by Crippen LogP contribution is 2.43. The van der Waals surface area contributed by atoms with E-state index < -0.39 is 0 Å². The molecule has 5 nitrogen and oxygen atoms in total. The first-order chi connectivity index (χ1) is 15.1. The van der Waals surface area contributed by atoms with Crippen LogP contribution in [0.5, 0.6) is 0 Å². The minimum Gasteiger partial charge on any atom is -0.351 e. The topological polar surface area (TPSA) is 46.0 Å². The molecule has 0 spiro atoms. The molecule has 1 aliphatic rings. The molecule has 3 aromatic heterocycles. The minimum atomic E-state index is -0.0586. The van der Waals surface area contributed by atoms with Gasteiger partial charge in [0.1, 0.15) is 0 Å². The number of nitrogens with one attached hydrogen (secondary N) is 1. The summed E-state index contributed by atoms with van der Waals surface area (Å²) in [5, 5.41) is 4.24. The van der Waals surface area contributed by atoms with Gasteiger partial charge in [-0.05, 0) is 74.1 Å². The van der Waals surface area contributed by atoms with Crippen molar-refractivity contribution in [2.45, 2.75) is 25.9 Å². The third kappa shape index (κ3) is 3.39. The Hall–Kier alpha value is -3.51. The third-order valence-electron chi connectivity index (χ3n) is 5.83. The summed E-state index contributed by atoms with van der Waals surface area (Å²) in [5.74, 6) is 0. The van der Waals surface area contributed by atoms with Gasteiger partial charge in [0.2, 0.25) is 0 Å². The maximum atomic E-state index is 5.82. The summed E-state index contributed by atoms with van der Waals surface area (Å²) in [4.78, 5) is 11.2. The Morgan fingerprint density at radius 3 is 2.39 bits per heavy atom. The van der Waals surface area contributed by atoms with Crippen LogP contribution < -0.4 is 10.2 Å². The summed E-state index contributed by atoms with van der Waals surface area (Å²) < 4.78 is 2.25. The second kappa shape index (κ2) is 7.96. The molecular formula is C25H23N5S. The van der Waals surface area contributed by atoms with E-state index in [1.165, 1.54) is 11.3 Å². The summed E-state index contributed by atoms with van der Waals surface area (Å²) in [7, 11) is 0. The van der Waals surface area contributed by atoms with Crippen molar-refractivity contribution in [3.8, 4) is 5.69 Å². The van der Waals surface area contributed by atoms with Crippen molar-refractivity contribution in [1.29, 1.82) is 0 Å². The monoisotopic (exact) mass is 425 g/mol. The summed E-state index contributed by atoms with van der Waals surface area (Å²) in [5.41, 5.74) is 6.63. The summed E-state index contributed by atoms with van der Waals surface area (Å²) in [6.45, 7) is 4.29. The van der Waals surface area contributed by atoms with E-state index in [-0.39, 0.29) is 12.1 Å². The van der Waals surface area contributed by atoms with Gasteiger partial charge >= 0.3 is 0 Å². The Morgan fingerprint density at radius 1 is 0.903 bits per heavy atom. The summed E-state index contributed by atoms with van der Waals surface area (Å²) in [6, 6.07) is 22.6. The van der Waals surface area contributed by atoms with Gasteiger partial charge in [0, 0.05) is 29.5 Å². The number of rotatable bonds is 4. The van der Waals surface area contributed by atoms with Crippen LogP contribution in [0.3, 0.4) is 0 Å². The van der Waals surface area contributed by atoms with Crippen LogP contribution in [0, 0.1) is 13.8 Å². The molecule has 1 fully saturated rings. The summed E-state index contributed by atoms with van der Waals surface area (Å²) in [6.07, 6.45) is 5.53. The van der Waals surface area contributed by atoms with E-state index in [4.69, 9.17) is 12.2 Å². The molecule has 0 aliphatic carbocycles. The number of benzene rings is 1. The maximum Gasteiger partial charge on any atom is 0.174 e. The van der Waals surface area contributed by atoms with Gasteiger partial charge in [-0.3, -0.25) is 9.97 Å². The molecule has 2 atom stereocenters. The Balaban J connectivity index is 1.68. The second-order valence-corrected chi connectivity index (χ2v) is 8.09. The maximum absolute atomic E-state index is 5.82. The SMILES string of the molecule is Cc1cc(C2C(c3ccccn3)NC(=S)N2c2ccccc2)c(C)n1-c1cccnc1. The third-order valence-corrected chi connectivity index (χ3v) is 6.14. The number of thiocarbonyl (C=S) groups is 1. The largest absolute Gasteiger partial charge is 0.351 e. The smallest absolute Gasteiger partial charge is 0.174 e. The number of pyridine rings is 2. The number of para-hydroxylation sites is 1. The van der Waals surface area contributed by atoms with Crippen LogP contribution >= 0.6 is 12.2 Å². The van der Waals surface area contributed by atoms with Crippen LogP contribution in [-0.2, 0) is 0 Å². The van der Waals surface area contributed by atoms with Crippen LogP contribution in [0.1, 0.15) is 34.7 Å². The summed E-state index contributed by atoms with van der Waals surface area (Å²) >= 11 is 5.82. The number of anilines is 1. The lowest BCUT2D eigenvalue weighted by Gasteiger charge is -2.28. The van der Waals surface area contributed by atoms with Crippen LogP contribution in [0.4, 0.5) is 5.69 Å². The number of hydrogen-bond donors (Lipinski definition) is 1. The van der Waals surface area contributed by atoms with Crippen LogP contribution in [-0.4, -0.2) is 19.6 Å². The molecule has 1 N–H and O–H groups in total. The number of aromatic nitrogens is 3. The molecule has 1 aliphatic heterocycles. The highest BCUT2D eigenvalue weighted by molar-refractivity contribution is 7.80. The van der Waals surface area contributed by atoms with Crippen molar-refractivity contribution >= 4 is 23.0 Å². The van der Waals surface area contributed by atoms with Gasteiger partial charge in [0.25, 0.3) is 0 Å². The first kappa shape index (κ1) is 19.5. The van der Waals surface area contributed by atoms with Crippen LogP contribution in [0.15, 0.2) is 85.3 Å². The van der Waals surface area contributed by atoms with Crippen molar-refractivity contribution < 1.29 is 0 Å². The Kier molecular flexibility index (Phi) is 5.00. The normalized spacial score (nSPS) is 18.3. The predicted octanol–water partition coefficient (Wildman–Crippen LogP) is 5.06. The lowest BCUT2D eigenvalue weighted by Crippen LogP contribution is -2.29. The Morgan fingerprint density at radius 2 is 1.68 bits per heavy atom. The average Bonchev–Trinajstić information content (AvgIpc) is 3.30. The molecule has 154 valence electrons. The van der Waals surface area contributed by atoms with Gasteiger partial charge < -0.3 is 14.8 Å². The van der Waals surface area contributed by atoms with E-state index in [1.54, 1.807) is 6.20 Å². The van der Waals surface area contributed by atoms with Crippen molar-refractivity contribution in [3.63, 3.8) is 0 Å². The van der Waals surface area contributed by atoms with E-state index in [9.17, 15) is 0 Å². The van der Waals surface area contributed by atoms with E-state index in [0.717, 1.165) is 22.8 Å². The quantitative estimate of drug-likeness (QED) is 0.463. The highest BCUT2D eigenvalue weighted by Gasteiger charge is 2.42. The number of hydrogen-bond acceptors (Lipinski definition) is 3. The van der Waals surface area contributed by atoms with Crippen LogP contribution in [0.2, 0.25) is 0 Å². The zero-order valence-electron chi connectivity index (χ0n) is 17.4. The molecule has 4 aromatic rings. The molecule has 2 unspecified atom stereocenters. The van der Waals surface area contributed by atoms with E-state index >= 15 is 0 Å². The Labute approximate surface area is 187 Å². The minimum absolute atomic E-state index is 0.0265. The molecule has 6 heteroatoms. The van der Waals surface area contributed by atoms with E-state index in [0.29, 0.717) is 5.11 Å². The molecule has 1 saturated heterocycles. The van der Waals surface area contributed by atoms with Gasteiger partial charge in [-0.2, -0.15) is 0 Å². The number of aryl methyl sites for hydroxylation is 1. The molecule has 0 radical (unpaired) electrons. The zero-order chi connectivity index (χ0) is 21.4. The first-order valence-corrected chi connectivity index (χ1v) is 10.7. The van der Waals surface area contributed by atoms with Crippen molar-refractivity contribution in [2.24, 2.45) is 0 Å². The van der Waals surface area contributed by atoms with Gasteiger partial charge in [-0.25, -0.2) is 0 Å². The van der Waals surface area contributed by atoms with Crippen molar-refractivity contribution in [3.05, 3.63) is 108 Å². The molecule has 4 heterocycles. The molecular weight excluding hydrogens is 402 g/mol. The standard InChI is InChI=1S/C25H23N5S/c1-17-15-21(18(2)29(17)20-11-8-13-26-16-20)24-23(22-12-6-7-14-27-22)28-25(31)30(24)19-9-4-3-5-10-19/h3-16,23-24H,1-2H3,(H,28,31). The average molecular weight is 426 g/mol. The van der Waals surface area contributed by atoms with Crippen molar-refractivity contribution in [1.82, 2.24) is 19.9 Å². The fourth-order valence-electron chi connectivity index (χ4n) is 4.51. The van der Waals surface area contributed by atoms with Gasteiger partial charge in [0.15, 0.2) is 5.11 Å². The van der Waals surface area contributed by atoms with Gasteiger partial charge in [0.05, 0.1) is 29.7 Å². The highest BCUT2D eigenvalue weighted by atomic mass is 32.1. The lowest BCUT2D eigenvalue weighted by molar-refractivity contribution is 0.565. The van der Waals surface area contributed by atoms with Gasteiger partial charge in [-0.15, -0.1) is 0 Å². The van der Waals surface area contributed by atoms with Crippen molar-refractivity contribution in [2.75, 3.05) is 4.90 Å². The Bertz CT molecular complexity index is 1200. The molecule has 5 rings (SSSR count). The van der Waals surface area contributed by atoms with E-state index in [2.05, 4.69) is 68.9 Å². The van der Waals surface area contributed by atoms with E-state index in [1.807, 2.05) is 48.8 Å². The molecule has 1 aromatic carbocycles. The molecule has 0 saturated carbocycles. The predicted molar refractivity (Wildman–Crippen MR) is 127 cm³/mol.